The topological polar surface area (TPSA) is 136 Å². The Morgan fingerprint density at radius 1 is 1.24 bits per heavy atom. The van der Waals surface area contributed by atoms with E-state index in [4.69, 9.17) is 5.11 Å². The molecule has 0 saturated carbocycles. The second kappa shape index (κ2) is 6.59. The Hall–Kier alpha value is -2.78. The molecule has 5 amide bonds. The fourth-order valence-corrected chi connectivity index (χ4v) is 1.54. The van der Waals surface area contributed by atoms with Crippen molar-refractivity contribution < 1.29 is 29.1 Å². The number of carboxylic acid groups (broad SMARTS) is 1. The fraction of sp³-hybridized carbons (Fsp3) is 0.455. The summed E-state index contributed by atoms with van der Waals surface area (Å²) < 4.78 is 0. The van der Waals surface area contributed by atoms with Crippen molar-refractivity contribution in [3.8, 4) is 0 Å². The monoisotopic (exact) mass is 298 g/mol. The van der Waals surface area contributed by atoms with Crippen molar-refractivity contribution in [2.75, 3.05) is 27.2 Å². The summed E-state index contributed by atoms with van der Waals surface area (Å²) in [5, 5.41) is 10.4. The van der Waals surface area contributed by atoms with Gasteiger partial charge in [-0.15, -0.1) is 0 Å². The molecule has 0 atom stereocenters. The second-order valence-electron chi connectivity index (χ2n) is 4.21. The predicted octanol–water partition coefficient (Wildman–Crippen LogP) is -2.08. The van der Waals surface area contributed by atoms with Crippen LogP contribution in [0.5, 0.6) is 0 Å². The second-order valence-corrected chi connectivity index (χ2v) is 4.21. The molecule has 0 aromatic carbocycles. The van der Waals surface area contributed by atoms with Crippen LogP contribution >= 0.6 is 0 Å². The van der Waals surface area contributed by atoms with Gasteiger partial charge in [-0.05, 0) is 0 Å². The first kappa shape index (κ1) is 16.3. The van der Waals surface area contributed by atoms with E-state index in [1.54, 1.807) is 0 Å². The number of nitrogens with zero attached hydrogens (tertiary/aromatic N) is 3. The van der Waals surface area contributed by atoms with Gasteiger partial charge in [-0.3, -0.25) is 34.0 Å². The van der Waals surface area contributed by atoms with E-state index in [1.807, 2.05) is 0 Å². The minimum Gasteiger partial charge on any atom is -0.480 e. The third kappa shape index (κ3) is 3.84. The van der Waals surface area contributed by atoms with Gasteiger partial charge in [0.25, 0.3) is 0 Å². The molecule has 0 radical (unpaired) electrons. The highest BCUT2D eigenvalue weighted by Gasteiger charge is 2.41. The molecule has 10 heteroatoms. The molecule has 0 aromatic rings. The van der Waals surface area contributed by atoms with Crippen LogP contribution < -0.4 is 5.32 Å². The van der Waals surface area contributed by atoms with Crippen LogP contribution in [0.4, 0.5) is 4.79 Å². The molecular formula is C11H14N4O6. The number of imide groups is 2. The summed E-state index contributed by atoms with van der Waals surface area (Å²) in [5.41, 5.74) is 0. The minimum absolute atomic E-state index is 0.425. The summed E-state index contributed by atoms with van der Waals surface area (Å²) in [6, 6.07) is -0.742. The number of hydrogen-bond acceptors (Lipinski definition) is 6. The van der Waals surface area contributed by atoms with E-state index in [1.165, 1.54) is 14.1 Å². The van der Waals surface area contributed by atoms with Gasteiger partial charge < -0.3 is 10.4 Å². The van der Waals surface area contributed by atoms with Crippen LogP contribution in [0.1, 0.15) is 0 Å². The Balaban J connectivity index is 2.64. The van der Waals surface area contributed by atoms with Crippen molar-refractivity contribution in [1.29, 1.82) is 0 Å². The van der Waals surface area contributed by atoms with Crippen molar-refractivity contribution in [2.45, 2.75) is 0 Å². The molecule has 2 N–H and O–H groups in total. The Morgan fingerprint density at radius 2 is 1.76 bits per heavy atom. The average Bonchev–Trinajstić information content (AvgIpc) is 2.44. The number of aliphatic carboxylic acids is 1. The van der Waals surface area contributed by atoms with E-state index in [-0.39, 0.29) is 0 Å². The van der Waals surface area contributed by atoms with Crippen molar-refractivity contribution in [2.24, 2.45) is 10.9 Å². The van der Waals surface area contributed by atoms with E-state index < -0.39 is 48.7 Å². The molecular weight excluding hydrogens is 284 g/mol. The molecule has 1 aliphatic rings. The van der Waals surface area contributed by atoms with Gasteiger partial charge in [0.1, 0.15) is 13.1 Å². The number of barbiturate groups is 1. The Morgan fingerprint density at radius 3 is 2.24 bits per heavy atom. The first-order valence-electron chi connectivity index (χ1n) is 5.83. The van der Waals surface area contributed by atoms with Crippen LogP contribution in [0.25, 0.3) is 0 Å². The molecule has 0 bridgehead atoms. The highest BCUT2D eigenvalue weighted by molar-refractivity contribution is 6.23. The van der Waals surface area contributed by atoms with Gasteiger partial charge in [0.15, 0.2) is 5.92 Å². The Kier molecular flexibility index (Phi) is 5.11. The zero-order valence-electron chi connectivity index (χ0n) is 11.4. The first-order valence-corrected chi connectivity index (χ1v) is 5.83. The third-order valence-electron chi connectivity index (χ3n) is 2.69. The summed E-state index contributed by atoms with van der Waals surface area (Å²) in [7, 11) is 2.46. The molecule has 114 valence electrons. The summed E-state index contributed by atoms with van der Waals surface area (Å²) in [6.45, 7) is -0.971. The van der Waals surface area contributed by atoms with Gasteiger partial charge in [-0.1, -0.05) is 0 Å². The molecule has 1 saturated heterocycles. The molecule has 1 aliphatic heterocycles. The predicted molar refractivity (Wildman–Crippen MR) is 68.4 cm³/mol. The van der Waals surface area contributed by atoms with Crippen LogP contribution in [0.15, 0.2) is 4.99 Å². The number of amides is 5. The van der Waals surface area contributed by atoms with Gasteiger partial charge in [0.2, 0.25) is 17.7 Å². The molecule has 1 fully saturated rings. The molecule has 0 aliphatic carbocycles. The van der Waals surface area contributed by atoms with Crippen LogP contribution in [-0.2, 0) is 19.2 Å². The normalized spacial score (nSPS) is 16.8. The fourth-order valence-electron chi connectivity index (χ4n) is 1.54. The zero-order chi connectivity index (χ0) is 16.2. The standard InChI is InChI=1S/C11H14N4O6/c1-14-9(19)6(10(20)15(2)11(14)21)3-12-4-7(16)13-5-8(17)18/h3,6H,4-5H2,1-2H3,(H,13,16)(H,17,18). The molecule has 10 nitrogen and oxygen atoms in total. The highest BCUT2D eigenvalue weighted by Crippen LogP contribution is 2.13. The molecule has 1 rings (SSSR count). The van der Waals surface area contributed by atoms with Gasteiger partial charge >= 0.3 is 12.0 Å². The van der Waals surface area contributed by atoms with Crippen molar-refractivity contribution >= 4 is 35.9 Å². The molecule has 0 aromatic heterocycles. The van der Waals surface area contributed by atoms with Crippen LogP contribution in [0, 0.1) is 5.92 Å². The Bertz CT molecular complexity index is 505. The maximum atomic E-state index is 11.8. The molecule has 0 spiro atoms. The van der Waals surface area contributed by atoms with Gasteiger partial charge in [0.05, 0.1) is 0 Å². The van der Waals surface area contributed by atoms with Crippen LogP contribution in [-0.4, -0.2) is 78.0 Å². The minimum atomic E-state index is -1.27. The molecule has 1 heterocycles. The maximum Gasteiger partial charge on any atom is 0.332 e. The lowest BCUT2D eigenvalue weighted by Gasteiger charge is -2.31. The van der Waals surface area contributed by atoms with Gasteiger partial charge in [-0.2, -0.15) is 0 Å². The number of aliphatic imine (C=N–C) groups is 1. The number of carbonyl (C=O) groups is 5. The maximum absolute atomic E-state index is 11.8. The highest BCUT2D eigenvalue weighted by atomic mass is 16.4. The number of rotatable bonds is 5. The van der Waals surface area contributed by atoms with E-state index in [0.717, 1.165) is 16.0 Å². The number of carboxylic acids is 1. The number of urea groups is 1. The molecule has 0 unspecified atom stereocenters. The largest absolute Gasteiger partial charge is 0.480 e. The SMILES string of the molecule is CN1C(=O)C(C=NCC(=O)NCC(=O)O)C(=O)N(C)C1=O. The van der Waals surface area contributed by atoms with Crippen molar-refractivity contribution in [3.63, 3.8) is 0 Å². The lowest BCUT2D eigenvalue weighted by Crippen LogP contribution is -2.57. The summed E-state index contributed by atoms with van der Waals surface area (Å²) in [4.78, 5) is 61.6. The smallest absolute Gasteiger partial charge is 0.332 e. The quantitative estimate of drug-likeness (QED) is 0.441. The van der Waals surface area contributed by atoms with Gasteiger partial charge in [-0.25, -0.2) is 4.79 Å². The zero-order valence-corrected chi connectivity index (χ0v) is 11.4. The lowest BCUT2D eigenvalue weighted by atomic mass is 10.1. The van der Waals surface area contributed by atoms with E-state index in [9.17, 15) is 24.0 Å². The number of hydrogen-bond donors (Lipinski definition) is 2. The Labute approximate surface area is 119 Å². The number of nitrogens with one attached hydrogen (secondary N) is 1. The van der Waals surface area contributed by atoms with Gasteiger partial charge in [0, 0.05) is 20.3 Å². The van der Waals surface area contributed by atoms with Crippen molar-refractivity contribution in [3.05, 3.63) is 0 Å². The van der Waals surface area contributed by atoms with Crippen LogP contribution in [0.3, 0.4) is 0 Å². The van der Waals surface area contributed by atoms with E-state index in [2.05, 4.69) is 10.3 Å². The van der Waals surface area contributed by atoms with E-state index in [0.29, 0.717) is 0 Å². The van der Waals surface area contributed by atoms with Crippen LogP contribution in [0.2, 0.25) is 0 Å². The first-order chi connectivity index (χ1) is 9.75. The lowest BCUT2D eigenvalue weighted by molar-refractivity contribution is -0.144. The average molecular weight is 298 g/mol. The third-order valence-corrected chi connectivity index (χ3v) is 2.69. The van der Waals surface area contributed by atoms with Crippen molar-refractivity contribution in [1.82, 2.24) is 15.1 Å². The molecule has 21 heavy (non-hydrogen) atoms. The van der Waals surface area contributed by atoms with E-state index >= 15 is 0 Å². The summed E-state index contributed by atoms with van der Waals surface area (Å²) in [5.74, 6) is -4.62. The summed E-state index contributed by atoms with van der Waals surface area (Å²) in [6.07, 6.45) is 0.977. The summed E-state index contributed by atoms with van der Waals surface area (Å²) >= 11 is 0. The number of carbonyl (C=O) groups excluding carboxylic acids is 4.